The first-order chi connectivity index (χ1) is 12.4. The summed E-state index contributed by atoms with van der Waals surface area (Å²) in [6, 6.07) is 5.40. The van der Waals surface area contributed by atoms with Crippen LogP contribution in [-0.2, 0) is 14.3 Å². The van der Waals surface area contributed by atoms with Crippen LogP contribution < -0.4 is 5.32 Å². The number of amides is 3. The van der Waals surface area contributed by atoms with E-state index in [9.17, 15) is 19.2 Å². The molecule has 0 spiro atoms. The van der Waals surface area contributed by atoms with Crippen LogP contribution in [0.3, 0.4) is 0 Å². The number of hydrogen-bond acceptors (Lipinski definition) is 5. The molecule has 3 amide bonds. The van der Waals surface area contributed by atoms with Crippen LogP contribution in [0.25, 0.3) is 0 Å². The molecule has 0 saturated carbocycles. The van der Waals surface area contributed by atoms with Crippen molar-refractivity contribution in [1.82, 2.24) is 10.2 Å². The molecule has 140 valence electrons. The van der Waals surface area contributed by atoms with E-state index < -0.39 is 36.3 Å². The molecule has 0 bridgehead atoms. The Morgan fingerprint density at radius 3 is 2.19 bits per heavy atom. The number of fused-ring (bicyclic) bond motifs is 1. The number of hydrogen-bond donors (Lipinski definition) is 1. The predicted molar refractivity (Wildman–Crippen MR) is 94.4 cm³/mol. The van der Waals surface area contributed by atoms with Crippen molar-refractivity contribution >= 4 is 23.7 Å². The smallest absolute Gasteiger partial charge is 0.329 e. The van der Waals surface area contributed by atoms with E-state index in [0.717, 1.165) is 11.3 Å². The van der Waals surface area contributed by atoms with Crippen molar-refractivity contribution in [2.45, 2.75) is 39.7 Å². The van der Waals surface area contributed by atoms with E-state index in [-0.39, 0.29) is 23.5 Å². The van der Waals surface area contributed by atoms with Crippen molar-refractivity contribution < 1.29 is 23.9 Å². The van der Waals surface area contributed by atoms with E-state index in [1.807, 2.05) is 20.8 Å². The third kappa shape index (κ3) is 4.28. The van der Waals surface area contributed by atoms with Crippen molar-refractivity contribution in [3.63, 3.8) is 0 Å². The number of benzene rings is 1. The molecule has 1 heterocycles. The lowest BCUT2D eigenvalue weighted by molar-refractivity contribution is -0.152. The number of nitrogens with zero attached hydrogens (tertiary/aromatic N) is 1. The SMILES string of the molecule is CCCNC(=O)COC(=O)[C@H](CC(C)C)N1C(=O)c2ccccc2C1=O. The lowest BCUT2D eigenvalue weighted by Gasteiger charge is -2.25. The highest BCUT2D eigenvalue weighted by Gasteiger charge is 2.43. The standard InChI is InChI=1S/C19H24N2O5/c1-4-9-20-16(22)11-26-19(25)15(10-12(2)3)21-17(23)13-7-5-6-8-14(13)18(21)24/h5-8,12,15H,4,9-11H2,1-3H3,(H,20,22)/t15-/m0/s1. The highest BCUT2D eigenvalue weighted by molar-refractivity contribution is 6.22. The van der Waals surface area contributed by atoms with Gasteiger partial charge in [0.05, 0.1) is 11.1 Å². The maximum atomic E-state index is 12.6. The van der Waals surface area contributed by atoms with E-state index in [0.29, 0.717) is 6.54 Å². The highest BCUT2D eigenvalue weighted by Crippen LogP contribution is 2.27. The first kappa shape index (κ1) is 19.6. The van der Waals surface area contributed by atoms with Crippen LogP contribution in [0.2, 0.25) is 0 Å². The zero-order valence-electron chi connectivity index (χ0n) is 15.3. The van der Waals surface area contributed by atoms with E-state index in [1.54, 1.807) is 24.3 Å². The normalized spacial score (nSPS) is 14.4. The molecule has 0 radical (unpaired) electrons. The number of nitrogens with one attached hydrogen (secondary N) is 1. The van der Waals surface area contributed by atoms with Crippen LogP contribution >= 0.6 is 0 Å². The molecule has 2 rings (SSSR count). The fraction of sp³-hybridized carbons (Fsp3) is 0.474. The van der Waals surface area contributed by atoms with Gasteiger partial charge in [-0.3, -0.25) is 19.3 Å². The van der Waals surface area contributed by atoms with Gasteiger partial charge in [0.2, 0.25) is 0 Å². The third-order valence-electron chi connectivity index (χ3n) is 4.02. The molecular weight excluding hydrogens is 336 g/mol. The van der Waals surface area contributed by atoms with Crippen LogP contribution in [0.15, 0.2) is 24.3 Å². The van der Waals surface area contributed by atoms with Crippen LogP contribution in [0.5, 0.6) is 0 Å². The molecule has 0 aliphatic carbocycles. The number of carbonyl (C=O) groups excluding carboxylic acids is 4. The van der Waals surface area contributed by atoms with Crippen molar-refractivity contribution in [3.05, 3.63) is 35.4 Å². The largest absolute Gasteiger partial charge is 0.454 e. The van der Waals surface area contributed by atoms with Gasteiger partial charge in [-0.15, -0.1) is 0 Å². The highest BCUT2D eigenvalue weighted by atomic mass is 16.5. The number of rotatable bonds is 8. The summed E-state index contributed by atoms with van der Waals surface area (Å²) in [5, 5.41) is 2.61. The minimum absolute atomic E-state index is 0.0470. The summed E-state index contributed by atoms with van der Waals surface area (Å²) in [7, 11) is 0. The molecule has 1 atom stereocenters. The van der Waals surface area contributed by atoms with Crippen molar-refractivity contribution in [2.24, 2.45) is 5.92 Å². The van der Waals surface area contributed by atoms with Crippen LogP contribution in [-0.4, -0.2) is 47.8 Å². The average Bonchev–Trinajstić information content (AvgIpc) is 2.87. The lowest BCUT2D eigenvalue weighted by Crippen LogP contribution is -2.47. The number of carbonyl (C=O) groups is 4. The Balaban J connectivity index is 2.15. The molecule has 0 aromatic heterocycles. The molecule has 1 aliphatic rings. The van der Waals surface area contributed by atoms with Gasteiger partial charge in [-0.05, 0) is 30.9 Å². The van der Waals surface area contributed by atoms with E-state index in [4.69, 9.17) is 4.74 Å². The minimum atomic E-state index is -1.05. The van der Waals surface area contributed by atoms with Crippen molar-refractivity contribution in [1.29, 1.82) is 0 Å². The Bertz CT molecular complexity index is 679. The quantitative estimate of drug-likeness (QED) is 0.563. The summed E-state index contributed by atoms with van der Waals surface area (Å²) in [5.74, 6) is -2.14. The van der Waals surface area contributed by atoms with Gasteiger partial charge in [-0.2, -0.15) is 0 Å². The van der Waals surface area contributed by atoms with Gasteiger partial charge in [0.15, 0.2) is 6.61 Å². The maximum Gasteiger partial charge on any atom is 0.329 e. The number of imide groups is 1. The van der Waals surface area contributed by atoms with Gasteiger partial charge in [0, 0.05) is 6.54 Å². The van der Waals surface area contributed by atoms with Crippen LogP contribution in [0.4, 0.5) is 0 Å². The molecule has 7 heteroatoms. The fourth-order valence-corrected chi connectivity index (χ4v) is 2.79. The average molecular weight is 360 g/mol. The Hall–Kier alpha value is -2.70. The maximum absolute atomic E-state index is 12.6. The molecule has 1 aromatic carbocycles. The monoisotopic (exact) mass is 360 g/mol. The Morgan fingerprint density at radius 1 is 1.12 bits per heavy atom. The second-order valence-corrected chi connectivity index (χ2v) is 6.63. The second kappa shape index (κ2) is 8.60. The first-order valence-electron chi connectivity index (χ1n) is 8.77. The Morgan fingerprint density at radius 2 is 1.69 bits per heavy atom. The van der Waals surface area contributed by atoms with Gasteiger partial charge in [-0.25, -0.2) is 4.79 Å². The van der Waals surface area contributed by atoms with Crippen LogP contribution in [0, 0.1) is 5.92 Å². The van der Waals surface area contributed by atoms with Gasteiger partial charge in [0.25, 0.3) is 17.7 Å². The summed E-state index contributed by atoms with van der Waals surface area (Å²) in [6.07, 6.45) is 1.03. The second-order valence-electron chi connectivity index (χ2n) is 6.63. The first-order valence-corrected chi connectivity index (χ1v) is 8.77. The molecular formula is C19H24N2O5. The molecule has 26 heavy (non-hydrogen) atoms. The van der Waals surface area contributed by atoms with E-state index in [2.05, 4.69) is 5.32 Å². The predicted octanol–water partition coefficient (Wildman–Crippen LogP) is 1.77. The molecule has 1 N–H and O–H groups in total. The summed E-state index contributed by atoms with van der Waals surface area (Å²) in [5.41, 5.74) is 0.555. The van der Waals surface area contributed by atoms with Gasteiger partial charge < -0.3 is 10.1 Å². The van der Waals surface area contributed by atoms with Crippen molar-refractivity contribution in [2.75, 3.05) is 13.2 Å². The van der Waals surface area contributed by atoms with Gasteiger partial charge in [-0.1, -0.05) is 32.9 Å². The number of ether oxygens (including phenoxy) is 1. The molecule has 0 saturated heterocycles. The van der Waals surface area contributed by atoms with Gasteiger partial charge >= 0.3 is 5.97 Å². The zero-order chi connectivity index (χ0) is 19.3. The molecule has 0 unspecified atom stereocenters. The van der Waals surface area contributed by atoms with Crippen molar-refractivity contribution in [3.8, 4) is 0 Å². The lowest BCUT2D eigenvalue weighted by atomic mass is 10.0. The Labute approximate surface area is 152 Å². The van der Waals surface area contributed by atoms with E-state index in [1.165, 1.54) is 0 Å². The van der Waals surface area contributed by atoms with E-state index >= 15 is 0 Å². The zero-order valence-corrected chi connectivity index (χ0v) is 15.3. The number of esters is 1. The summed E-state index contributed by atoms with van der Waals surface area (Å²) in [6.45, 7) is 5.73. The van der Waals surface area contributed by atoms with Gasteiger partial charge in [0.1, 0.15) is 6.04 Å². The molecule has 1 aliphatic heterocycles. The summed E-state index contributed by atoms with van der Waals surface area (Å²) < 4.78 is 5.07. The Kier molecular flexibility index (Phi) is 6.49. The van der Waals surface area contributed by atoms with Crippen LogP contribution in [0.1, 0.15) is 54.3 Å². The third-order valence-corrected chi connectivity index (χ3v) is 4.02. The summed E-state index contributed by atoms with van der Waals surface area (Å²) >= 11 is 0. The minimum Gasteiger partial charge on any atom is -0.454 e. The fourth-order valence-electron chi connectivity index (χ4n) is 2.79. The topological polar surface area (TPSA) is 92.8 Å². The molecule has 0 fully saturated rings. The molecule has 1 aromatic rings. The summed E-state index contributed by atoms with van der Waals surface area (Å²) in [4.78, 5) is 50.4. The molecule has 7 nitrogen and oxygen atoms in total.